The van der Waals surface area contributed by atoms with Crippen molar-refractivity contribution in [2.24, 2.45) is 23.6 Å². The summed E-state index contributed by atoms with van der Waals surface area (Å²) in [7, 11) is 0. The Bertz CT molecular complexity index is 404. The van der Waals surface area contributed by atoms with Crippen LogP contribution in [0.25, 0.3) is 0 Å². The summed E-state index contributed by atoms with van der Waals surface area (Å²) in [5.41, 5.74) is 6.25. The number of rotatable bonds is 3. The number of hydrogen-bond donors (Lipinski definition) is 2. The van der Waals surface area contributed by atoms with Gasteiger partial charge in [0.1, 0.15) is 0 Å². The van der Waals surface area contributed by atoms with Gasteiger partial charge >= 0.3 is 0 Å². The molecule has 0 heterocycles. The number of fused-ring (bicyclic) bond motifs is 1. The van der Waals surface area contributed by atoms with E-state index in [1.165, 1.54) is 49.7 Å². The molecule has 3 rings (SSSR count). The summed E-state index contributed by atoms with van der Waals surface area (Å²) >= 11 is 0. The molecule has 0 bridgehead atoms. The monoisotopic (exact) mass is 258 g/mol. The second-order valence-electron chi connectivity index (χ2n) is 6.66. The summed E-state index contributed by atoms with van der Waals surface area (Å²) in [6.45, 7) is 2.39. The Labute approximate surface area is 116 Å². The Balaban J connectivity index is 1.71. The maximum atomic E-state index is 5.91. The summed E-state index contributed by atoms with van der Waals surface area (Å²) < 4.78 is 0. The molecule has 0 spiro atoms. The normalized spacial score (nSPS) is 29.2. The average Bonchev–Trinajstić information content (AvgIpc) is 2.83. The van der Waals surface area contributed by atoms with Gasteiger partial charge in [0.05, 0.1) is 0 Å². The molecule has 104 valence electrons. The van der Waals surface area contributed by atoms with Crippen molar-refractivity contribution in [3.8, 4) is 0 Å². The van der Waals surface area contributed by atoms with Crippen molar-refractivity contribution in [2.75, 3.05) is 0 Å². The van der Waals surface area contributed by atoms with E-state index in [4.69, 9.17) is 5.84 Å². The van der Waals surface area contributed by atoms with Gasteiger partial charge in [-0.2, -0.15) is 0 Å². The molecule has 1 aromatic rings. The van der Waals surface area contributed by atoms with Crippen LogP contribution in [0.1, 0.15) is 43.7 Å². The van der Waals surface area contributed by atoms with Gasteiger partial charge in [-0.1, -0.05) is 44.0 Å². The van der Waals surface area contributed by atoms with Crippen LogP contribution in [0.5, 0.6) is 0 Å². The van der Waals surface area contributed by atoms with Crippen molar-refractivity contribution in [1.29, 1.82) is 0 Å². The lowest BCUT2D eigenvalue weighted by Crippen LogP contribution is -2.47. The van der Waals surface area contributed by atoms with Crippen LogP contribution in [-0.4, -0.2) is 6.04 Å². The zero-order valence-corrected chi connectivity index (χ0v) is 11.9. The maximum absolute atomic E-state index is 5.91. The standard InChI is InChI=1S/C17H26N2/c1-12-5-4-8-15(9-12)17(19-18)16-10-13-6-2-3-7-14(13)11-16/h2-3,6-7,12,15-17,19H,4-5,8-11,18H2,1H3. The Morgan fingerprint density at radius 2 is 1.79 bits per heavy atom. The SMILES string of the molecule is CC1CCCC(C(NN)C2Cc3ccccc3C2)C1. The fraction of sp³-hybridized carbons (Fsp3) is 0.647. The quantitative estimate of drug-likeness (QED) is 0.646. The van der Waals surface area contributed by atoms with E-state index in [0.717, 1.165) is 11.8 Å². The third kappa shape index (κ3) is 2.70. The van der Waals surface area contributed by atoms with Crippen molar-refractivity contribution in [3.63, 3.8) is 0 Å². The van der Waals surface area contributed by atoms with Crippen LogP contribution in [0.3, 0.4) is 0 Å². The minimum atomic E-state index is 0.496. The third-order valence-corrected chi connectivity index (χ3v) is 5.27. The molecule has 0 radical (unpaired) electrons. The summed E-state index contributed by atoms with van der Waals surface area (Å²) in [6, 6.07) is 9.39. The highest BCUT2D eigenvalue weighted by Gasteiger charge is 2.34. The first-order valence-corrected chi connectivity index (χ1v) is 7.81. The Kier molecular flexibility index (Phi) is 3.90. The lowest BCUT2D eigenvalue weighted by molar-refractivity contribution is 0.179. The molecule has 0 amide bonds. The smallest absolute Gasteiger partial charge is 0.0273 e. The summed E-state index contributed by atoms with van der Waals surface area (Å²) in [5, 5.41) is 0. The maximum Gasteiger partial charge on any atom is 0.0273 e. The van der Waals surface area contributed by atoms with E-state index in [9.17, 15) is 0 Å². The van der Waals surface area contributed by atoms with E-state index in [1.807, 2.05) is 0 Å². The minimum absolute atomic E-state index is 0.496. The van der Waals surface area contributed by atoms with Crippen LogP contribution in [0.4, 0.5) is 0 Å². The number of nitrogens with two attached hydrogens (primary N) is 1. The molecule has 2 nitrogen and oxygen atoms in total. The van der Waals surface area contributed by atoms with Gasteiger partial charge in [-0.05, 0) is 54.6 Å². The second kappa shape index (κ2) is 5.64. The first kappa shape index (κ1) is 13.1. The Hall–Kier alpha value is -0.860. The molecule has 3 atom stereocenters. The van der Waals surface area contributed by atoms with Gasteiger partial charge < -0.3 is 0 Å². The third-order valence-electron chi connectivity index (χ3n) is 5.27. The lowest BCUT2D eigenvalue weighted by Gasteiger charge is -2.36. The molecule has 0 aliphatic heterocycles. The molecule has 3 N–H and O–H groups in total. The van der Waals surface area contributed by atoms with Crippen molar-refractivity contribution in [3.05, 3.63) is 35.4 Å². The largest absolute Gasteiger partial charge is 0.271 e. The van der Waals surface area contributed by atoms with Gasteiger partial charge in [0.15, 0.2) is 0 Å². The number of hydrazine groups is 1. The van der Waals surface area contributed by atoms with Gasteiger partial charge in [-0.3, -0.25) is 11.3 Å². The highest BCUT2D eigenvalue weighted by atomic mass is 15.2. The van der Waals surface area contributed by atoms with Crippen molar-refractivity contribution in [1.82, 2.24) is 5.43 Å². The summed E-state index contributed by atoms with van der Waals surface area (Å²) in [5.74, 6) is 8.25. The zero-order valence-electron chi connectivity index (χ0n) is 11.9. The minimum Gasteiger partial charge on any atom is -0.271 e. The molecule has 3 unspecified atom stereocenters. The molecular formula is C17H26N2. The van der Waals surface area contributed by atoms with E-state index >= 15 is 0 Å². The first-order chi connectivity index (χ1) is 9.28. The molecule has 1 saturated carbocycles. The molecule has 0 saturated heterocycles. The van der Waals surface area contributed by atoms with E-state index in [2.05, 4.69) is 36.6 Å². The molecule has 2 aliphatic carbocycles. The Morgan fingerprint density at radius 1 is 1.11 bits per heavy atom. The predicted octanol–water partition coefficient (Wildman–Crippen LogP) is 3.06. The van der Waals surface area contributed by atoms with Gasteiger partial charge in [0.25, 0.3) is 0 Å². The van der Waals surface area contributed by atoms with Crippen molar-refractivity contribution < 1.29 is 0 Å². The second-order valence-corrected chi connectivity index (χ2v) is 6.66. The predicted molar refractivity (Wildman–Crippen MR) is 79.6 cm³/mol. The van der Waals surface area contributed by atoms with Crippen LogP contribution >= 0.6 is 0 Å². The first-order valence-electron chi connectivity index (χ1n) is 7.81. The molecule has 1 aromatic carbocycles. The van der Waals surface area contributed by atoms with E-state index in [-0.39, 0.29) is 0 Å². The zero-order chi connectivity index (χ0) is 13.2. The molecule has 19 heavy (non-hydrogen) atoms. The van der Waals surface area contributed by atoms with Crippen molar-refractivity contribution >= 4 is 0 Å². The number of nitrogens with one attached hydrogen (secondary N) is 1. The molecule has 0 aromatic heterocycles. The number of benzene rings is 1. The van der Waals surface area contributed by atoms with Gasteiger partial charge in [-0.15, -0.1) is 0 Å². The Morgan fingerprint density at radius 3 is 2.37 bits per heavy atom. The highest BCUT2D eigenvalue weighted by molar-refractivity contribution is 5.32. The van der Waals surface area contributed by atoms with Crippen LogP contribution in [-0.2, 0) is 12.8 Å². The van der Waals surface area contributed by atoms with E-state index in [1.54, 1.807) is 0 Å². The van der Waals surface area contributed by atoms with Gasteiger partial charge in [0, 0.05) is 6.04 Å². The lowest BCUT2D eigenvalue weighted by atomic mass is 9.74. The van der Waals surface area contributed by atoms with E-state index < -0.39 is 0 Å². The topological polar surface area (TPSA) is 38.0 Å². The average molecular weight is 258 g/mol. The fourth-order valence-electron chi connectivity index (χ4n) is 4.31. The molecule has 2 aliphatic rings. The number of hydrogen-bond acceptors (Lipinski definition) is 2. The summed E-state index contributed by atoms with van der Waals surface area (Å²) in [4.78, 5) is 0. The fourth-order valence-corrected chi connectivity index (χ4v) is 4.31. The van der Waals surface area contributed by atoms with Crippen LogP contribution in [0, 0.1) is 17.8 Å². The highest BCUT2D eigenvalue weighted by Crippen LogP contribution is 2.37. The summed E-state index contributed by atoms with van der Waals surface area (Å²) in [6.07, 6.45) is 7.89. The van der Waals surface area contributed by atoms with Crippen LogP contribution in [0.2, 0.25) is 0 Å². The van der Waals surface area contributed by atoms with Gasteiger partial charge in [-0.25, -0.2) is 0 Å². The van der Waals surface area contributed by atoms with Crippen LogP contribution < -0.4 is 11.3 Å². The van der Waals surface area contributed by atoms with Crippen LogP contribution in [0.15, 0.2) is 24.3 Å². The molecular weight excluding hydrogens is 232 g/mol. The van der Waals surface area contributed by atoms with Gasteiger partial charge in [0.2, 0.25) is 0 Å². The van der Waals surface area contributed by atoms with Crippen molar-refractivity contribution in [2.45, 2.75) is 51.5 Å². The van der Waals surface area contributed by atoms with E-state index in [0.29, 0.717) is 12.0 Å². The molecule has 1 fully saturated rings. The molecule has 2 heteroatoms.